The highest BCUT2D eigenvalue weighted by atomic mass is 16.2. The second-order valence-corrected chi connectivity index (χ2v) is 6.58. The van der Waals surface area contributed by atoms with E-state index in [0.29, 0.717) is 11.3 Å². The molecule has 1 N–H and O–H groups in total. The quantitative estimate of drug-likeness (QED) is 0.782. The van der Waals surface area contributed by atoms with Gasteiger partial charge in [-0.2, -0.15) is 0 Å². The highest BCUT2D eigenvalue weighted by molar-refractivity contribution is 5.92. The van der Waals surface area contributed by atoms with Gasteiger partial charge >= 0.3 is 0 Å². The Morgan fingerprint density at radius 1 is 1.08 bits per heavy atom. The molecule has 2 aromatic carbocycles. The minimum Gasteiger partial charge on any atom is -0.324 e. The maximum atomic E-state index is 12.5. The summed E-state index contributed by atoms with van der Waals surface area (Å²) in [5, 5.41) is 4.49. The fourth-order valence-corrected chi connectivity index (χ4v) is 3.03. The van der Waals surface area contributed by atoms with Crippen molar-refractivity contribution in [3.8, 4) is 0 Å². The van der Waals surface area contributed by atoms with Gasteiger partial charge in [0, 0.05) is 17.3 Å². The lowest BCUT2D eigenvalue weighted by atomic mass is 9.98. The number of anilines is 1. The largest absolute Gasteiger partial charge is 0.324 e. The van der Waals surface area contributed by atoms with Gasteiger partial charge in [-0.15, -0.1) is 0 Å². The number of para-hydroxylation sites is 1. The Morgan fingerprint density at radius 3 is 2.60 bits per heavy atom. The van der Waals surface area contributed by atoms with Crippen molar-refractivity contribution in [2.45, 2.75) is 33.2 Å². The summed E-state index contributed by atoms with van der Waals surface area (Å²) in [4.78, 5) is 25.1. The SMILES string of the molecule is Cc1cccc(C(C)C)c1NC(=O)Cn1ccc2ccccc2c1=O. The summed E-state index contributed by atoms with van der Waals surface area (Å²) < 4.78 is 1.45. The van der Waals surface area contributed by atoms with Crippen LogP contribution in [0.5, 0.6) is 0 Å². The number of aromatic nitrogens is 1. The van der Waals surface area contributed by atoms with E-state index in [-0.39, 0.29) is 18.0 Å². The number of nitrogens with zero attached hydrogens (tertiary/aromatic N) is 1. The number of fused-ring (bicyclic) bond motifs is 1. The number of benzene rings is 2. The Labute approximate surface area is 147 Å². The van der Waals surface area contributed by atoms with E-state index in [4.69, 9.17) is 0 Å². The molecule has 0 fully saturated rings. The maximum Gasteiger partial charge on any atom is 0.258 e. The second-order valence-electron chi connectivity index (χ2n) is 6.58. The number of amides is 1. The molecule has 25 heavy (non-hydrogen) atoms. The summed E-state index contributed by atoms with van der Waals surface area (Å²) in [6.45, 7) is 6.16. The first-order valence-corrected chi connectivity index (χ1v) is 8.45. The molecule has 4 nitrogen and oxygen atoms in total. The van der Waals surface area contributed by atoms with Crippen LogP contribution in [0, 0.1) is 6.92 Å². The number of rotatable bonds is 4. The van der Waals surface area contributed by atoms with E-state index >= 15 is 0 Å². The van der Waals surface area contributed by atoms with Crippen molar-refractivity contribution < 1.29 is 4.79 Å². The first kappa shape index (κ1) is 17.0. The number of pyridine rings is 1. The third-order valence-corrected chi connectivity index (χ3v) is 4.39. The molecule has 1 aromatic heterocycles. The molecule has 3 rings (SSSR count). The molecule has 0 aliphatic rings. The van der Waals surface area contributed by atoms with Crippen molar-refractivity contribution in [3.05, 3.63) is 76.2 Å². The van der Waals surface area contributed by atoms with Gasteiger partial charge in [-0.1, -0.05) is 50.2 Å². The zero-order valence-electron chi connectivity index (χ0n) is 14.7. The zero-order valence-corrected chi connectivity index (χ0v) is 14.7. The normalized spacial score (nSPS) is 11.0. The van der Waals surface area contributed by atoms with Crippen LogP contribution in [0.25, 0.3) is 10.8 Å². The first-order valence-electron chi connectivity index (χ1n) is 8.45. The maximum absolute atomic E-state index is 12.5. The van der Waals surface area contributed by atoms with Crippen LogP contribution in [-0.2, 0) is 11.3 Å². The summed E-state index contributed by atoms with van der Waals surface area (Å²) in [5.74, 6) is 0.104. The van der Waals surface area contributed by atoms with E-state index in [2.05, 4.69) is 19.2 Å². The lowest BCUT2D eigenvalue weighted by Gasteiger charge is -2.17. The molecule has 0 radical (unpaired) electrons. The predicted octanol–water partition coefficient (Wildman–Crippen LogP) is 4.07. The van der Waals surface area contributed by atoms with Crippen LogP contribution >= 0.6 is 0 Å². The van der Waals surface area contributed by atoms with Gasteiger partial charge in [0.05, 0.1) is 0 Å². The average molecular weight is 334 g/mol. The molecule has 1 amide bonds. The van der Waals surface area contributed by atoms with Crippen molar-refractivity contribution in [3.63, 3.8) is 0 Å². The minimum absolute atomic E-state index is 0.00443. The lowest BCUT2D eigenvalue weighted by Crippen LogP contribution is -2.27. The van der Waals surface area contributed by atoms with Gasteiger partial charge in [-0.25, -0.2) is 0 Å². The Bertz CT molecular complexity index is 987. The van der Waals surface area contributed by atoms with Crippen LogP contribution < -0.4 is 10.9 Å². The van der Waals surface area contributed by atoms with E-state index in [1.807, 2.05) is 49.4 Å². The molecule has 3 aromatic rings. The Hall–Kier alpha value is -2.88. The third kappa shape index (κ3) is 3.48. The summed E-state index contributed by atoms with van der Waals surface area (Å²) in [7, 11) is 0. The van der Waals surface area contributed by atoms with Crippen molar-refractivity contribution in [1.29, 1.82) is 0 Å². The van der Waals surface area contributed by atoms with Crippen molar-refractivity contribution >= 4 is 22.4 Å². The topological polar surface area (TPSA) is 51.1 Å². The molecule has 0 bridgehead atoms. The Kier molecular flexibility index (Phi) is 4.70. The molecule has 0 atom stereocenters. The van der Waals surface area contributed by atoms with Crippen molar-refractivity contribution in [2.24, 2.45) is 0 Å². The summed E-state index contributed by atoms with van der Waals surface area (Å²) in [6.07, 6.45) is 1.67. The van der Waals surface area contributed by atoms with Gasteiger partial charge in [0.25, 0.3) is 5.56 Å². The smallest absolute Gasteiger partial charge is 0.258 e. The number of nitrogens with one attached hydrogen (secondary N) is 1. The number of carbonyl (C=O) groups excluding carboxylic acids is 1. The number of hydrogen-bond acceptors (Lipinski definition) is 2. The summed E-state index contributed by atoms with van der Waals surface area (Å²) in [5.41, 5.74) is 2.81. The molecule has 4 heteroatoms. The van der Waals surface area contributed by atoms with Gasteiger partial charge in [0.15, 0.2) is 0 Å². The van der Waals surface area contributed by atoms with E-state index in [9.17, 15) is 9.59 Å². The summed E-state index contributed by atoms with van der Waals surface area (Å²) >= 11 is 0. The average Bonchev–Trinajstić information content (AvgIpc) is 2.59. The van der Waals surface area contributed by atoms with Gasteiger partial charge < -0.3 is 9.88 Å². The van der Waals surface area contributed by atoms with Gasteiger partial charge in [0.2, 0.25) is 5.91 Å². The highest BCUT2D eigenvalue weighted by Gasteiger charge is 2.13. The van der Waals surface area contributed by atoms with E-state index < -0.39 is 0 Å². The van der Waals surface area contributed by atoms with E-state index in [1.54, 1.807) is 12.3 Å². The standard InChI is InChI=1S/C21H22N2O2/c1-14(2)17-10-6-7-15(3)20(17)22-19(24)13-23-12-11-16-8-4-5-9-18(16)21(23)25/h4-12,14H,13H2,1-3H3,(H,22,24). The van der Waals surface area contributed by atoms with Crippen LogP contribution in [0.1, 0.15) is 30.9 Å². The molecule has 0 unspecified atom stereocenters. The second kappa shape index (κ2) is 6.93. The third-order valence-electron chi connectivity index (χ3n) is 4.39. The Balaban J connectivity index is 1.87. The van der Waals surface area contributed by atoms with E-state index in [1.165, 1.54) is 4.57 Å². The molecular formula is C21H22N2O2. The number of carbonyl (C=O) groups is 1. The fraction of sp³-hybridized carbons (Fsp3) is 0.238. The van der Waals surface area contributed by atoms with Crippen LogP contribution in [-0.4, -0.2) is 10.5 Å². The molecule has 1 heterocycles. The van der Waals surface area contributed by atoms with Crippen LogP contribution in [0.2, 0.25) is 0 Å². The van der Waals surface area contributed by atoms with Crippen LogP contribution in [0.3, 0.4) is 0 Å². The molecule has 0 saturated heterocycles. The van der Waals surface area contributed by atoms with Gasteiger partial charge in [-0.3, -0.25) is 9.59 Å². The number of hydrogen-bond donors (Lipinski definition) is 1. The van der Waals surface area contributed by atoms with Crippen LogP contribution in [0.15, 0.2) is 59.5 Å². The number of aryl methyl sites for hydroxylation is 1. The monoisotopic (exact) mass is 334 g/mol. The van der Waals surface area contributed by atoms with Gasteiger partial charge in [0.1, 0.15) is 6.54 Å². The first-order chi connectivity index (χ1) is 12.0. The molecular weight excluding hydrogens is 312 g/mol. The zero-order chi connectivity index (χ0) is 18.0. The predicted molar refractivity (Wildman–Crippen MR) is 102 cm³/mol. The minimum atomic E-state index is -0.200. The van der Waals surface area contributed by atoms with E-state index in [0.717, 1.165) is 22.2 Å². The van der Waals surface area contributed by atoms with Gasteiger partial charge in [-0.05, 0) is 41.5 Å². The molecule has 0 saturated carbocycles. The molecule has 0 spiro atoms. The molecule has 0 aliphatic heterocycles. The molecule has 0 aliphatic carbocycles. The lowest BCUT2D eigenvalue weighted by molar-refractivity contribution is -0.116. The van der Waals surface area contributed by atoms with Crippen LogP contribution in [0.4, 0.5) is 5.69 Å². The highest BCUT2D eigenvalue weighted by Crippen LogP contribution is 2.27. The fourth-order valence-electron chi connectivity index (χ4n) is 3.03. The van der Waals surface area contributed by atoms with Crippen molar-refractivity contribution in [1.82, 2.24) is 4.57 Å². The summed E-state index contributed by atoms with van der Waals surface area (Å²) in [6, 6.07) is 15.2. The Morgan fingerprint density at radius 2 is 1.84 bits per heavy atom. The molecule has 128 valence electrons. The van der Waals surface area contributed by atoms with Crippen molar-refractivity contribution in [2.75, 3.05) is 5.32 Å².